The average Bonchev–Trinajstić information content (AvgIpc) is 3.20. The Kier molecular flexibility index (Phi) is 4.65. The lowest BCUT2D eigenvalue weighted by Crippen LogP contribution is -2.23. The van der Waals surface area contributed by atoms with Crippen LogP contribution in [-0.2, 0) is 0 Å². The highest BCUT2D eigenvalue weighted by molar-refractivity contribution is 6.06. The van der Waals surface area contributed by atoms with Crippen molar-refractivity contribution in [3.05, 3.63) is 54.3 Å². The summed E-state index contributed by atoms with van der Waals surface area (Å²) in [6.07, 6.45) is 7.49. The largest absolute Gasteiger partial charge is 0.444 e. The van der Waals surface area contributed by atoms with Gasteiger partial charge in [-0.1, -0.05) is 0 Å². The number of anilines is 2. The monoisotopic (exact) mass is 444 g/mol. The van der Waals surface area contributed by atoms with Crippen molar-refractivity contribution in [3.8, 4) is 11.5 Å². The molecule has 1 saturated carbocycles. The van der Waals surface area contributed by atoms with Crippen LogP contribution < -0.4 is 10.2 Å². The molecular formula is C24H24N6O3. The van der Waals surface area contributed by atoms with E-state index in [0.717, 1.165) is 47.2 Å². The number of hydrogen-bond donors (Lipinski definition) is 2. The van der Waals surface area contributed by atoms with E-state index in [0.29, 0.717) is 30.6 Å². The summed E-state index contributed by atoms with van der Waals surface area (Å²) in [5.74, 6) is 0.0180. The minimum absolute atomic E-state index is 0.197. The van der Waals surface area contributed by atoms with Crippen LogP contribution in [0.3, 0.4) is 0 Å². The summed E-state index contributed by atoms with van der Waals surface area (Å²) in [5.41, 5.74) is 4.34. The summed E-state index contributed by atoms with van der Waals surface area (Å²) in [5, 5.41) is 18.7. The van der Waals surface area contributed by atoms with Crippen molar-refractivity contribution in [1.29, 1.82) is 0 Å². The van der Waals surface area contributed by atoms with Gasteiger partial charge in [-0.2, -0.15) is 5.10 Å². The molecule has 1 aliphatic carbocycles. The van der Waals surface area contributed by atoms with Crippen molar-refractivity contribution < 1.29 is 14.3 Å². The number of nitrogens with zero attached hydrogens (tertiary/aromatic N) is 5. The molecule has 0 unspecified atom stereocenters. The fraction of sp³-hybridized carbons (Fsp3) is 0.333. The Bertz CT molecular complexity index is 1360. The van der Waals surface area contributed by atoms with Crippen molar-refractivity contribution in [2.75, 3.05) is 23.3 Å². The van der Waals surface area contributed by atoms with Gasteiger partial charge in [0.1, 0.15) is 6.26 Å². The van der Waals surface area contributed by atoms with Gasteiger partial charge in [-0.3, -0.25) is 14.5 Å². The molecule has 0 bridgehead atoms. The van der Waals surface area contributed by atoms with Gasteiger partial charge >= 0.3 is 0 Å². The van der Waals surface area contributed by atoms with E-state index < -0.39 is 0 Å². The van der Waals surface area contributed by atoms with E-state index in [4.69, 9.17) is 4.42 Å². The summed E-state index contributed by atoms with van der Waals surface area (Å²) < 4.78 is 7.60. The van der Waals surface area contributed by atoms with Crippen LogP contribution in [0.2, 0.25) is 0 Å². The minimum atomic E-state index is -0.375. The smallest absolute Gasteiger partial charge is 0.277 e. The Morgan fingerprint density at radius 3 is 2.88 bits per heavy atom. The summed E-state index contributed by atoms with van der Waals surface area (Å²) in [6.45, 7) is 3.14. The molecule has 4 heterocycles. The lowest BCUT2D eigenvalue weighted by molar-refractivity contribution is 0.102. The molecule has 168 valence electrons. The number of aryl methyl sites for hydroxylation is 1. The Morgan fingerprint density at radius 1 is 1.24 bits per heavy atom. The highest BCUT2D eigenvalue weighted by atomic mass is 16.3. The van der Waals surface area contributed by atoms with E-state index in [1.54, 1.807) is 12.3 Å². The lowest BCUT2D eigenvalue weighted by Gasteiger charge is -2.22. The first-order valence-electron chi connectivity index (χ1n) is 11.2. The molecule has 1 amide bonds. The molecule has 2 N–H and O–H groups in total. The van der Waals surface area contributed by atoms with Crippen molar-refractivity contribution in [3.63, 3.8) is 0 Å². The fourth-order valence-corrected chi connectivity index (χ4v) is 4.39. The summed E-state index contributed by atoms with van der Waals surface area (Å²) in [6, 6.07) is 8.10. The number of nitrogens with one attached hydrogen (secondary N) is 1. The fourth-order valence-electron chi connectivity index (χ4n) is 4.39. The van der Waals surface area contributed by atoms with Crippen LogP contribution in [0.4, 0.5) is 11.4 Å². The molecule has 1 saturated heterocycles. The number of benzene rings is 1. The summed E-state index contributed by atoms with van der Waals surface area (Å²) in [7, 11) is 0. The summed E-state index contributed by atoms with van der Waals surface area (Å²) >= 11 is 0. The molecule has 6 rings (SSSR count). The highest BCUT2D eigenvalue weighted by Crippen LogP contribution is 2.40. The topological polar surface area (TPSA) is 109 Å². The third-order valence-corrected chi connectivity index (χ3v) is 6.24. The molecule has 9 heteroatoms. The molecule has 2 aliphatic rings. The quantitative estimate of drug-likeness (QED) is 0.484. The number of aliphatic hydroxyl groups is 1. The number of aliphatic hydroxyl groups excluding tert-OH is 1. The Labute approximate surface area is 190 Å². The second-order valence-corrected chi connectivity index (χ2v) is 8.81. The number of β-amino-alcohol motifs (C(OH)–C–C–N with tert-alkyl or cyclic N) is 1. The number of pyridine rings is 1. The number of carbonyl (C=O) groups excluding carboxylic acids is 1. The van der Waals surface area contributed by atoms with E-state index in [1.165, 1.54) is 6.26 Å². The number of amides is 1. The Morgan fingerprint density at radius 2 is 2.12 bits per heavy atom. The predicted molar refractivity (Wildman–Crippen MR) is 123 cm³/mol. The van der Waals surface area contributed by atoms with Crippen LogP contribution in [0.1, 0.15) is 41.5 Å². The number of oxazole rings is 1. The normalized spacial score (nSPS) is 18.2. The molecule has 1 atom stereocenters. The van der Waals surface area contributed by atoms with Gasteiger partial charge in [0.05, 0.1) is 35.2 Å². The minimum Gasteiger partial charge on any atom is -0.444 e. The SMILES string of the molecule is Cc1cc(-c2nc(C(=O)Nc3cc4c(cnn4C4CC4)cc3N3CC[C@H](O)C3)co2)ccn1. The number of carbonyl (C=O) groups is 1. The van der Waals surface area contributed by atoms with E-state index in [-0.39, 0.29) is 17.7 Å². The van der Waals surface area contributed by atoms with Crippen LogP contribution >= 0.6 is 0 Å². The van der Waals surface area contributed by atoms with Crippen molar-refractivity contribution in [1.82, 2.24) is 19.7 Å². The number of fused-ring (bicyclic) bond motifs is 1. The third kappa shape index (κ3) is 3.74. The molecule has 9 nitrogen and oxygen atoms in total. The molecule has 1 aliphatic heterocycles. The molecule has 0 spiro atoms. The highest BCUT2D eigenvalue weighted by Gasteiger charge is 2.28. The zero-order valence-corrected chi connectivity index (χ0v) is 18.2. The molecule has 4 aromatic rings. The molecular weight excluding hydrogens is 420 g/mol. The zero-order valence-electron chi connectivity index (χ0n) is 18.2. The van der Waals surface area contributed by atoms with Crippen molar-refractivity contribution >= 4 is 28.2 Å². The van der Waals surface area contributed by atoms with Gasteiger partial charge in [0.2, 0.25) is 5.89 Å². The Hall–Kier alpha value is -3.72. The van der Waals surface area contributed by atoms with Gasteiger partial charge < -0.3 is 19.7 Å². The van der Waals surface area contributed by atoms with Gasteiger partial charge in [0.25, 0.3) is 5.91 Å². The zero-order chi connectivity index (χ0) is 22.5. The standard InChI is InChI=1S/C24H24N6O3/c1-14-8-15(4-6-25-14)24-28-20(13-33-24)23(32)27-19-10-21-16(11-26-30(21)17-2-3-17)9-22(19)29-7-5-18(31)12-29/h4,6,8-11,13,17-18,31H,2-3,5,7,12H2,1H3,(H,27,32)/t18-/m0/s1. The van der Waals surface area contributed by atoms with Gasteiger partial charge in [-0.05, 0) is 50.5 Å². The van der Waals surface area contributed by atoms with Crippen molar-refractivity contribution in [2.24, 2.45) is 0 Å². The first-order chi connectivity index (χ1) is 16.0. The van der Waals surface area contributed by atoms with Crippen LogP contribution in [0, 0.1) is 6.92 Å². The summed E-state index contributed by atoms with van der Waals surface area (Å²) in [4.78, 5) is 23.8. The van der Waals surface area contributed by atoms with E-state index in [9.17, 15) is 9.90 Å². The maximum atomic E-state index is 13.1. The maximum Gasteiger partial charge on any atom is 0.277 e. The molecule has 33 heavy (non-hydrogen) atoms. The third-order valence-electron chi connectivity index (χ3n) is 6.24. The van der Waals surface area contributed by atoms with Crippen LogP contribution in [0.25, 0.3) is 22.4 Å². The average molecular weight is 444 g/mol. The predicted octanol–water partition coefficient (Wildman–Crippen LogP) is 3.55. The van der Waals surface area contributed by atoms with E-state index in [1.807, 2.05) is 36.0 Å². The Balaban J connectivity index is 1.34. The number of rotatable bonds is 5. The molecule has 3 aromatic heterocycles. The van der Waals surface area contributed by atoms with Crippen LogP contribution in [0.5, 0.6) is 0 Å². The van der Waals surface area contributed by atoms with Crippen LogP contribution in [0.15, 0.2) is 47.3 Å². The first kappa shape index (κ1) is 19.9. The van der Waals surface area contributed by atoms with Gasteiger partial charge in [0, 0.05) is 35.9 Å². The molecule has 2 fully saturated rings. The van der Waals surface area contributed by atoms with Crippen molar-refractivity contribution in [2.45, 2.75) is 38.3 Å². The van der Waals surface area contributed by atoms with Gasteiger partial charge in [0.15, 0.2) is 5.69 Å². The van der Waals surface area contributed by atoms with Gasteiger partial charge in [-0.25, -0.2) is 4.98 Å². The molecule has 0 radical (unpaired) electrons. The first-order valence-corrected chi connectivity index (χ1v) is 11.2. The van der Waals surface area contributed by atoms with E-state index >= 15 is 0 Å². The second-order valence-electron chi connectivity index (χ2n) is 8.81. The number of aromatic nitrogens is 4. The maximum absolute atomic E-state index is 13.1. The van der Waals surface area contributed by atoms with Gasteiger partial charge in [-0.15, -0.1) is 0 Å². The number of hydrogen-bond acceptors (Lipinski definition) is 7. The second kappa shape index (κ2) is 7.70. The lowest BCUT2D eigenvalue weighted by atomic mass is 10.1. The van der Waals surface area contributed by atoms with Crippen LogP contribution in [-0.4, -0.2) is 50.0 Å². The molecule has 1 aromatic carbocycles. The van der Waals surface area contributed by atoms with E-state index in [2.05, 4.69) is 25.3 Å².